The van der Waals surface area contributed by atoms with E-state index in [0.717, 1.165) is 11.4 Å². The Morgan fingerprint density at radius 3 is 3.00 bits per heavy atom. The number of nitrogens with one attached hydrogen (secondary N) is 1. The Hall–Kier alpha value is -1.21. The van der Waals surface area contributed by atoms with Gasteiger partial charge in [-0.05, 0) is 13.8 Å². The van der Waals surface area contributed by atoms with Crippen LogP contribution in [0, 0.1) is 6.92 Å². The predicted molar refractivity (Wildman–Crippen MR) is 72.5 cm³/mol. The molecule has 1 N–H and O–H groups in total. The maximum absolute atomic E-state index is 11.3. The number of hydrogen-bond donors (Lipinski definition) is 1. The molecule has 0 bridgehead atoms. The SMILES string of the molecule is Cc1c(Cl)nc2ncnn2c1NCC(C)S(C)=O. The van der Waals surface area contributed by atoms with E-state index in [9.17, 15) is 4.21 Å². The minimum absolute atomic E-state index is 0.0370. The van der Waals surface area contributed by atoms with E-state index in [1.807, 2.05) is 13.8 Å². The number of aromatic nitrogens is 4. The van der Waals surface area contributed by atoms with Gasteiger partial charge in [0.1, 0.15) is 17.3 Å². The van der Waals surface area contributed by atoms with Crippen LogP contribution in [-0.4, -0.2) is 41.8 Å². The second-order valence-corrected chi connectivity index (χ2v) is 6.20. The lowest BCUT2D eigenvalue weighted by Gasteiger charge is -2.14. The highest BCUT2D eigenvalue weighted by molar-refractivity contribution is 7.84. The van der Waals surface area contributed by atoms with Crippen molar-refractivity contribution in [3.05, 3.63) is 17.0 Å². The number of anilines is 1. The molecule has 2 atom stereocenters. The van der Waals surface area contributed by atoms with E-state index in [4.69, 9.17) is 11.6 Å². The average molecular weight is 288 g/mol. The van der Waals surface area contributed by atoms with Gasteiger partial charge in [0.15, 0.2) is 0 Å². The lowest BCUT2D eigenvalue weighted by molar-refractivity contribution is 0.678. The summed E-state index contributed by atoms with van der Waals surface area (Å²) in [6.07, 6.45) is 3.11. The van der Waals surface area contributed by atoms with Gasteiger partial charge >= 0.3 is 0 Å². The van der Waals surface area contributed by atoms with Gasteiger partial charge < -0.3 is 5.32 Å². The zero-order valence-electron chi connectivity index (χ0n) is 10.3. The molecular formula is C10H14ClN5OS. The van der Waals surface area contributed by atoms with Crippen molar-refractivity contribution in [1.29, 1.82) is 0 Å². The van der Waals surface area contributed by atoms with E-state index in [-0.39, 0.29) is 5.25 Å². The Morgan fingerprint density at radius 2 is 2.33 bits per heavy atom. The van der Waals surface area contributed by atoms with Crippen molar-refractivity contribution in [2.24, 2.45) is 0 Å². The number of nitrogens with zero attached hydrogens (tertiary/aromatic N) is 4. The van der Waals surface area contributed by atoms with Crippen LogP contribution in [0.2, 0.25) is 5.15 Å². The zero-order chi connectivity index (χ0) is 13.3. The molecule has 0 aliphatic carbocycles. The molecule has 2 rings (SSSR count). The highest BCUT2D eigenvalue weighted by Gasteiger charge is 2.13. The van der Waals surface area contributed by atoms with Crippen molar-refractivity contribution in [2.45, 2.75) is 19.1 Å². The Labute approximate surface area is 112 Å². The van der Waals surface area contributed by atoms with Gasteiger partial charge in [0, 0.05) is 34.4 Å². The summed E-state index contributed by atoms with van der Waals surface area (Å²) < 4.78 is 12.9. The number of fused-ring (bicyclic) bond motifs is 1. The average Bonchev–Trinajstić information content (AvgIpc) is 2.76. The van der Waals surface area contributed by atoms with Crippen molar-refractivity contribution in [2.75, 3.05) is 18.1 Å². The fourth-order valence-corrected chi connectivity index (χ4v) is 1.95. The topological polar surface area (TPSA) is 72.2 Å². The van der Waals surface area contributed by atoms with Gasteiger partial charge in [-0.2, -0.15) is 19.6 Å². The molecule has 0 fully saturated rings. The Kier molecular flexibility index (Phi) is 3.82. The monoisotopic (exact) mass is 287 g/mol. The minimum Gasteiger partial charge on any atom is -0.368 e. The number of rotatable bonds is 4. The summed E-state index contributed by atoms with van der Waals surface area (Å²) in [5.74, 6) is 1.18. The molecule has 0 amide bonds. The van der Waals surface area contributed by atoms with Crippen LogP contribution in [0.4, 0.5) is 5.82 Å². The maximum atomic E-state index is 11.3. The fraction of sp³-hybridized carbons (Fsp3) is 0.500. The molecular weight excluding hydrogens is 274 g/mol. The molecule has 2 unspecified atom stereocenters. The Morgan fingerprint density at radius 1 is 1.61 bits per heavy atom. The maximum Gasteiger partial charge on any atom is 0.255 e. The molecule has 2 aromatic heterocycles. The van der Waals surface area contributed by atoms with Gasteiger partial charge in [-0.15, -0.1) is 0 Å². The van der Waals surface area contributed by atoms with E-state index >= 15 is 0 Å². The number of halogens is 1. The van der Waals surface area contributed by atoms with Gasteiger partial charge in [-0.3, -0.25) is 4.21 Å². The van der Waals surface area contributed by atoms with E-state index in [1.165, 1.54) is 6.33 Å². The molecule has 0 spiro atoms. The van der Waals surface area contributed by atoms with Gasteiger partial charge in [0.05, 0.1) is 0 Å². The first-order chi connectivity index (χ1) is 8.50. The molecule has 6 nitrogen and oxygen atoms in total. The summed E-state index contributed by atoms with van der Waals surface area (Å²) in [4.78, 5) is 8.11. The van der Waals surface area contributed by atoms with Crippen LogP contribution in [0.25, 0.3) is 5.78 Å². The van der Waals surface area contributed by atoms with Gasteiger partial charge in [-0.1, -0.05) is 11.6 Å². The summed E-state index contributed by atoms with van der Waals surface area (Å²) in [5, 5.41) is 7.73. The lowest BCUT2D eigenvalue weighted by Crippen LogP contribution is -2.22. The molecule has 0 aromatic carbocycles. The minimum atomic E-state index is -0.876. The second kappa shape index (κ2) is 5.19. The third-order valence-corrected chi connectivity index (χ3v) is 4.40. The lowest BCUT2D eigenvalue weighted by atomic mass is 10.3. The summed E-state index contributed by atoms with van der Waals surface area (Å²) >= 11 is 6.04. The van der Waals surface area contributed by atoms with Crippen LogP contribution in [0.3, 0.4) is 0 Å². The molecule has 0 saturated carbocycles. The van der Waals surface area contributed by atoms with Crippen LogP contribution in [-0.2, 0) is 10.8 Å². The molecule has 18 heavy (non-hydrogen) atoms. The molecule has 0 aliphatic rings. The van der Waals surface area contributed by atoms with Crippen LogP contribution in [0.15, 0.2) is 6.33 Å². The zero-order valence-corrected chi connectivity index (χ0v) is 11.9. The third-order valence-electron chi connectivity index (χ3n) is 2.73. The summed E-state index contributed by atoms with van der Waals surface area (Å²) in [5.41, 5.74) is 0.795. The second-order valence-electron chi connectivity index (χ2n) is 4.04. The van der Waals surface area contributed by atoms with Crippen LogP contribution < -0.4 is 5.32 Å². The third kappa shape index (κ3) is 2.46. The smallest absolute Gasteiger partial charge is 0.255 e. The molecule has 2 heterocycles. The Bertz CT molecular complexity index is 599. The van der Waals surface area contributed by atoms with Crippen LogP contribution >= 0.6 is 11.6 Å². The molecule has 0 aliphatic heterocycles. The molecule has 98 valence electrons. The van der Waals surface area contributed by atoms with Crippen molar-refractivity contribution < 1.29 is 4.21 Å². The van der Waals surface area contributed by atoms with E-state index in [0.29, 0.717) is 17.5 Å². The summed E-state index contributed by atoms with van der Waals surface area (Å²) in [6.45, 7) is 4.34. The standard InChI is InChI=1S/C10H14ClN5OS/c1-6(18(3)17)4-12-9-7(2)8(11)15-10-13-5-14-16(9)10/h5-6,12H,4H2,1-3H3. The summed E-state index contributed by atoms with van der Waals surface area (Å²) in [7, 11) is -0.876. The van der Waals surface area contributed by atoms with E-state index in [1.54, 1.807) is 10.8 Å². The summed E-state index contributed by atoms with van der Waals surface area (Å²) in [6, 6.07) is 0. The highest BCUT2D eigenvalue weighted by Crippen LogP contribution is 2.21. The fourth-order valence-electron chi connectivity index (χ4n) is 1.46. The first-order valence-electron chi connectivity index (χ1n) is 5.42. The first kappa shape index (κ1) is 13.2. The Balaban J connectivity index is 2.34. The first-order valence-corrected chi connectivity index (χ1v) is 7.42. The van der Waals surface area contributed by atoms with Gasteiger partial charge in [0.25, 0.3) is 5.78 Å². The van der Waals surface area contributed by atoms with Crippen molar-refractivity contribution >= 4 is 34.0 Å². The molecule has 8 heteroatoms. The van der Waals surface area contributed by atoms with Gasteiger partial charge in [-0.25, -0.2) is 0 Å². The molecule has 0 radical (unpaired) electrons. The largest absolute Gasteiger partial charge is 0.368 e. The van der Waals surface area contributed by atoms with Crippen LogP contribution in [0.1, 0.15) is 12.5 Å². The van der Waals surface area contributed by atoms with Gasteiger partial charge in [0.2, 0.25) is 0 Å². The molecule has 0 saturated heterocycles. The van der Waals surface area contributed by atoms with E-state index < -0.39 is 10.8 Å². The van der Waals surface area contributed by atoms with Crippen molar-refractivity contribution in [3.8, 4) is 0 Å². The van der Waals surface area contributed by atoms with Crippen molar-refractivity contribution in [3.63, 3.8) is 0 Å². The van der Waals surface area contributed by atoms with Crippen LogP contribution in [0.5, 0.6) is 0 Å². The number of hydrogen-bond acceptors (Lipinski definition) is 5. The normalized spacial score (nSPS) is 14.7. The predicted octanol–water partition coefficient (Wildman–Crippen LogP) is 1.27. The van der Waals surface area contributed by atoms with Crippen molar-refractivity contribution in [1.82, 2.24) is 19.6 Å². The van der Waals surface area contributed by atoms with E-state index in [2.05, 4.69) is 20.4 Å². The highest BCUT2D eigenvalue weighted by atomic mass is 35.5. The quantitative estimate of drug-likeness (QED) is 0.857. The molecule has 2 aromatic rings.